The molecule has 0 saturated heterocycles. The normalized spacial score (nSPS) is 15.3. The number of carbonyl (C=O) groups is 2. The predicted molar refractivity (Wildman–Crippen MR) is 85.4 cm³/mol. The van der Waals surface area contributed by atoms with E-state index in [9.17, 15) is 0 Å². The zero-order valence-corrected chi connectivity index (χ0v) is 13.9. The van der Waals surface area contributed by atoms with Crippen LogP contribution in [0.3, 0.4) is 0 Å². The summed E-state index contributed by atoms with van der Waals surface area (Å²) in [5.41, 5.74) is 0.424. The second kappa shape index (κ2) is 11.6. The van der Waals surface area contributed by atoms with Gasteiger partial charge in [0, 0.05) is 44.0 Å². The molecule has 1 aromatic rings. The van der Waals surface area contributed by atoms with Crippen molar-refractivity contribution < 1.29 is 24.5 Å². The number of aromatic nitrogens is 2. The van der Waals surface area contributed by atoms with Crippen molar-refractivity contribution in [2.75, 3.05) is 20.3 Å². The van der Waals surface area contributed by atoms with E-state index in [1.807, 2.05) is 19.3 Å². The minimum absolute atomic E-state index is 0.250. The first kappa shape index (κ1) is 21.1. The first-order chi connectivity index (χ1) is 11.0. The average molecular weight is 329 g/mol. The molecule has 0 aliphatic heterocycles. The molecule has 0 bridgehead atoms. The van der Waals surface area contributed by atoms with Crippen LogP contribution in [0.1, 0.15) is 25.6 Å². The lowest BCUT2D eigenvalue weighted by Gasteiger charge is -2.20. The second-order valence-corrected chi connectivity index (χ2v) is 5.55. The summed E-state index contributed by atoms with van der Waals surface area (Å²) in [6.07, 6.45) is 6.49. The van der Waals surface area contributed by atoms with Crippen molar-refractivity contribution in [2.45, 2.75) is 39.3 Å². The summed E-state index contributed by atoms with van der Waals surface area (Å²) >= 11 is 0. The van der Waals surface area contributed by atoms with Crippen molar-refractivity contribution in [3.63, 3.8) is 0 Å². The van der Waals surface area contributed by atoms with Gasteiger partial charge in [-0.05, 0) is 26.7 Å². The smallest absolute Gasteiger partial charge is 0.290 e. The Balaban J connectivity index is 0.000000704. The SMILES string of the molecule is COCC1(CNC(C)Cn2ccnc2C)CC1.O=CO.O=CO. The highest BCUT2D eigenvalue weighted by molar-refractivity contribution is 5.33. The fourth-order valence-electron chi connectivity index (χ4n) is 2.20. The van der Waals surface area contributed by atoms with E-state index in [2.05, 4.69) is 21.8 Å². The van der Waals surface area contributed by atoms with Crippen LogP contribution in [0.2, 0.25) is 0 Å². The van der Waals surface area contributed by atoms with Crippen molar-refractivity contribution in [3.8, 4) is 0 Å². The van der Waals surface area contributed by atoms with Gasteiger partial charge in [0.15, 0.2) is 0 Å². The second-order valence-electron chi connectivity index (χ2n) is 5.55. The number of nitrogens with zero attached hydrogens (tertiary/aromatic N) is 2. The van der Waals surface area contributed by atoms with Gasteiger partial charge in [-0.3, -0.25) is 9.59 Å². The van der Waals surface area contributed by atoms with E-state index >= 15 is 0 Å². The third kappa shape index (κ3) is 8.94. The van der Waals surface area contributed by atoms with Crippen molar-refractivity contribution in [1.29, 1.82) is 0 Å². The summed E-state index contributed by atoms with van der Waals surface area (Å²) in [4.78, 5) is 21.0. The Morgan fingerprint density at radius 3 is 2.39 bits per heavy atom. The Labute approximate surface area is 136 Å². The molecular weight excluding hydrogens is 302 g/mol. The number of methoxy groups -OCH3 is 1. The Morgan fingerprint density at radius 2 is 2.00 bits per heavy atom. The Hall–Kier alpha value is -1.93. The van der Waals surface area contributed by atoms with E-state index in [-0.39, 0.29) is 12.9 Å². The molecule has 8 heteroatoms. The first-order valence-electron chi connectivity index (χ1n) is 7.34. The van der Waals surface area contributed by atoms with Crippen molar-refractivity contribution in [2.24, 2.45) is 5.41 Å². The molecule has 0 spiro atoms. The zero-order valence-electron chi connectivity index (χ0n) is 13.9. The molecule has 1 heterocycles. The zero-order chi connectivity index (χ0) is 17.7. The molecule has 3 N–H and O–H groups in total. The van der Waals surface area contributed by atoms with Crippen molar-refractivity contribution in [3.05, 3.63) is 18.2 Å². The highest BCUT2D eigenvalue weighted by Crippen LogP contribution is 2.45. The fourth-order valence-corrected chi connectivity index (χ4v) is 2.20. The molecule has 1 atom stereocenters. The maximum atomic E-state index is 8.36. The topological polar surface area (TPSA) is 114 Å². The van der Waals surface area contributed by atoms with Crippen LogP contribution in [0.5, 0.6) is 0 Å². The van der Waals surface area contributed by atoms with Gasteiger partial charge in [0.25, 0.3) is 12.9 Å². The number of rotatable bonds is 7. The number of aryl methyl sites for hydroxylation is 1. The lowest BCUT2D eigenvalue weighted by Crippen LogP contribution is -2.36. The molecular formula is C15H27N3O5. The van der Waals surface area contributed by atoms with E-state index in [1.54, 1.807) is 7.11 Å². The molecule has 0 amide bonds. The molecule has 1 aliphatic carbocycles. The molecule has 0 radical (unpaired) electrons. The number of imidazole rings is 1. The van der Waals surface area contributed by atoms with Gasteiger partial charge >= 0.3 is 0 Å². The van der Waals surface area contributed by atoms with Crippen LogP contribution < -0.4 is 5.32 Å². The van der Waals surface area contributed by atoms with Gasteiger partial charge < -0.3 is 24.8 Å². The Morgan fingerprint density at radius 1 is 1.43 bits per heavy atom. The van der Waals surface area contributed by atoms with Crippen LogP contribution in [0.4, 0.5) is 0 Å². The van der Waals surface area contributed by atoms with Gasteiger partial charge in [0.1, 0.15) is 5.82 Å². The summed E-state index contributed by atoms with van der Waals surface area (Å²) in [5, 5.41) is 17.4. The van der Waals surface area contributed by atoms with E-state index in [0.717, 1.165) is 25.5 Å². The van der Waals surface area contributed by atoms with Gasteiger partial charge in [0.2, 0.25) is 0 Å². The van der Waals surface area contributed by atoms with E-state index < -0.39 is 0 Å². The molecule has 1 aromatic heterocycles. The first-order valence-corrected chi connectivity index (χ1v) is 7.34. The molecule has 132 valence electrons. The number of hydrogen-bond acceptors (Lipinski definition) is 5. The van der Waals surface area contributed by atoms with Crippen molar-refractivity contribution in [1.82, 2.24) is 14.9 Å². The molecule has 1 aliphatic rings. The molecule has 1 unspecified atom stereocenters. The van der Waals surface area contributed by atoms with Crippen LogP contribution in [-0.2, 0) is 20.9 Å². The van der Waals surface area contributed by atoms with Gasteiger partial charge in [-0.2, -0.15) is 0 Å². The third-order valence-electron chi connectivity index (χ3n) is 3.63. The van der Waals surface area contributed by atoms with Gasteiger partial charge in [0.05, 0.1) is 6.61 Å². The Bertz CT molecular complexity index is 440. The quantitative estimate of drug-likeness (QED) is 0.639. The summed E-state index contributed by atoms with van der Waals surface area (Å²) < 4.78 is 7.46. The average Bonchev–Trinajstić information content (AvgIpc) is 3.15. The van der Waals surface area contributed by atoms with Crippen LogP contribution in [-0.4, -0.2) is 59.0 Å². The van der Waals surface area contributed by atoms with Crippen LogP contribution in [0, 0.1) is 12.3 Å². The largest absolute Gasteiger partial charge is 0.483 e. The summed E-state index contributed by atoms with van der Waals surface area (Å²) in [6.45, 7) is 6.70. The lowest BCUT2D eigenvalue weighted by molar-refractivity contribution is -0.123. The fraction of sp³-hybridized carbons (Fsp3) is 0.667. The van der Waals surface area contributed by atoms with Gasteiger partial charge in [-0.15, -0.1) is 0 Å². The minimum atomic E-state index is -0.250. The van der Waals surface area contributed by atoms with Crippen LogP contribution in [0.25, 0.3) is 0 Å². The molecule has 0 aromatic carbocycles. The molecule has 8 nitrogen and oxygen atoms in total. The highest BCUT2D eigenvalue weighted by atomic mass is 16.5. The van der Waals surface area contributed by atoms with E-state index in [0.29, 0.717) is 11.5 Å². The van der Waals surface area contributed by atoms with Crippen molar-refractivity contribution >= 4 is 12.9 Å². The minimum Gasteiger partial charge on any atom is -0.483 e. The maximum absolute atomic E-state index is 8.36. The highest BCUT2D eigenvalue weighted by Gasteiger charge is 2.42. The lowest BCUT2D eigenvalue weighted by atomic mass is 10.1. The molecule has 1 saturated carbocycles. The van der Waals surface area contributed by atoms with Gasteiger partial charge in [-0.25, -0.2) is 4.98 Å². The van der Waals surface area contributed by atoms with Crippen LogP contribution in [0.15, 0.2) is 12.4 Å². The third-order valence-corrected chi connectivity index (χ3v) is 3.63. The van der Waals surface area contributed by atoms with Crippen LogP contribution >= 0.6 is 0 Å². The Kier molecular flexibility index (Phi) is 10.6. The summed E-state index contributed by atoms with van der Waals surface area (Å²) in [7, 11) is 1.79. The van der Waals surface area contributed by atoms with E-state index in [1.165, 1.54) is 12.8 Å². The van der Waals surface area contributed by atoms with E-state index in [4.69, 9.17) is 24.5 Å². The molecule has 2 rings (SSSR count). The molecule has 23 heavy (non-hydrogen) atoms. The predicted octanol–water partition coefficient (Wildman–Crippen LogP) is 0.998. The summed E-state index contributed by atoms with van der Waals surface area (Å²) in [5.74, 6) is 1.08. The number of nitrogens with one attached hydrogen (secondary N) is 1. The number of hydrogen-bond donors (Lipinski definition) is 3. The monoisotopic (exact) mass is 329 g/mol. The number of ether oxygens (including phenoxy) is 1. The van der Waals surface area contributed by atoms with Gasteiger partial charge in [-0.1, -0.05) is 0 Å². The maximum Gasteiger partial charge on any atom is 0.290 e. The number of carboxylic acid groups (broad SMARTS) is 2. The molecule has 1 fully saturated rings. The summed E-state index contributed by atoms with van der Waals surface area (Å²) in [6, 6.07) is 0.470. The standard InChI is InChI=1S/C13H23N3O.2CH2O2/c1-11(8-16-7-6-14-12(16)2)15-9-13(4-5-13)10-17-3;2*2-1-3/h6-7,11,15H,4-5,8-10H2,1-3H3;2*1H,(H,2,3).